The molecule has 1 N–H and O–H groups in total. The molecule has 0 unspecified atom stereocenters. The monoisotopic (exact) mass is 189 g/mol. The zero-order valence-electron chi connectivity index (χ0n) is 6.82. The second-order valence-electron chi connectivity index (χ2n) is 2.69. The summed E-state index contributed by atoms with van der Waals surface area (Å²) in [5.41, 5.74) is 0.804. The topological polar surface area (TPSA) is 75.7 Å². The Morgan fingerprint density at radius 3 is 2.83 bits per heavy atom. The lowest BCUT2D eigenvalue weighted by atomic mass is 10.3. The zero-order valence-corrected chi connectivity index (χ0v) is 7.63. The Bertz CT molecular complexity index is 317. The quantitative estimate of drug-likeness (QED) is 0.710. The van der Waals surface area contributed by atoms with Crippen LogP contribution in [0.2, 0.25) is 0 Å². The predicted octanol–water partition coefficient (Wildman–Crippen LogP) is -0.218. The molecule has 0 spiro atoms. The van der Waals surface area contributed by atoms with Crippen LogP contribution in [0.3, 0.4) is 0 Å². The molecule has 12 heavy (non-hydrogen) atoms. The average molecular weight is 189 g/mol. The molecular weight excluding hydrogens is 178 g/mol. The van der Waals surface area contributed by atoms with Crippen LogP contribution in [0.1, 0.15) is 12.1 Å². The summed E-state index contributed by atoms with van der Waals surface area (Å²) in [6.45, 7) is 0. The Morgan fingerprint density at radius 2 is 2.33 bits per heavy atom. The largest absolute Gasteiger partial charge is 0.229 e. The number of aromatic nitrogens is 3. The Hall–Kier alpha value is -0.910. The summed E-state index contributed by atoms with van der Waals surface area (Å²) in [5.74, 6) is 0.208. The summed E-state index contributed by atoms with van der Waals surface area (Å²) in [4.78, 5) is 0. The number of H-pyrrole nitrogens is 1. The van der Waals surface area contributed by atoms with E-state index in [4.69, 9.17) is 0 Å². The van der Waals surface area contributed by atoms with Gasteiger partial charge in [-0.1, -0.05) is 0 Å². The highest BCUT2D eigenvalue weighted by Gasteiger charge is 2.02. The fourth-order valence-electron chi connectivity index (χ4n) is 0.861. The first-order chi connectivity index (χ1) is 5.58. The van der Waals surface area contributed by atoms with E-state index in [1.165, 1.54) is 6.26 Å². The fourth-order valence-corrected chi connectivity index (χ4v) is 1.53. The molecule has 1 heterocycles. The maximum Gasteiger partial charge on any atom is 0.147 e. The van der Waals surface area contributed by atoms with Gasteiger partial charge >= 0.3 is 0 Å². The minimum atomic E-state index is -2.84. The van der Waals surface area contributed by atoms with E-state index in [0.717, 1.165) is 5.69 Å². The van der Waals surface area contributed by atoms with E-state index in [0.29, 0.717) is 12.8 Å². The molecule has 68 valence electrons. The minimum Gasteiger partial charge on any atom is -0.229 e. The molecule has 0 radical (unpaired) electrons. The van der Waals surface area contributed by atoms with Gasteiger partial charge in [0.05, 0.1) is 17.6 Å². The van der Waals surface area contributed by atoms with Crippen molar-refractivity contribution in [2.24, 2.45) is 0 Å². The molecule has 0 aromatic carbocycles. The van der Waals surface area contributed by atoms with Gasteiger partial charge in [-0.3, -0.25) is 0 Å². The van der Waals surface area contributed by atoms with Crippen LogP contribution in [0.4, 0.5) is 0 Å². The molecule has 6 heteroatoms. The van der Waals surface area contributed by atoms with E-state index in [2.05, 4.69) is 15.4 Å². The molecule has 0 atom stereocenters. The third kappa shape index (κ3) is 3.47. The average Bonchev–Trinajstić information content (AvgIpc) is 2.36. The van der Waals surface area contributed by atoms with E-state index in [9.17, 15) is 8.42 Å². The van der Waals surface area contributed by atoms with E-state index in [1.54, 1.807) is 6.20 Å². The van der Waals surface area contributed by atoms with Crippen LogP contribution < -0.4 is 0 Å². The van der Waals surface area contributed by atoms with Gasteiger partial charge in [0, 0.05) is 6.26 Å². The van der Waals surface area contributed by atoms with Crippen LogP contribution in [0.5, 0.6) is 0 Å². The van der Waals surface area contributed by atoms with Crippen molar-refractivity contribution in [3.8, 4) is 0 Å². The van der Waals surface area contributed by atoms with Crippen molar-refractivity contribution in [1.82, 2.24) is 15.4 Å². The van der Waals surface area contributed by atoms with Crippen LogP contribution >= 0.6 is 0 Å². The Balaban J connectivity index is 2.29. The second kappa shape index (κ2) is 3.66. The zero-order chi connectivity index (χ0) is 9.03. The molecule has 1 rings (SSSR count). The summed E-state index contributed by atoms with van der Waals surface area (Å²) in [6, 6.07) is 0. The van der Waals surface area contributed by atoms with Crippen molar-refractivity contribution < 1.29 is 8.42 Å². The van der Waals surface area contributed by atoms with Gasteiger partial charge in [0.2, 0.25) is 0 Å². The number of sulfone groups is 1. The Morgan fingerprint density at radius 1 is 1.58 bits per heavy atom. The molecule has 0 saturated carbocycles. The fraction of sp³-hybridized carbons (Fsp3) is 0.667. The van der Waals surface area contributed by atoms with E-state index in [-0.39, 0.29) is 5.75 Å². The summed E-state index contributed by atoms with van der Waals surface area (Å²) in [6.07, 6.45) is 4.09. The number of aromatic amines is 1. The number of nitrogens with one attached hydrogen (secondary N) is 1. The maximum absolute atomic E-state index is 10.7. The number of hydrogen-bond donors (Lipinski definition) is 1. The van der Waals surface area contributed by atoms with Crippen LogP contribution in [-0.2, 0) is 16.3 Å². The number of aryl methyl sites for hydroxylation is 1. The molecular formula is C6H11N3O2S. The summed E-state index contributed by atoms with van der Waals surface area (Å²) >= 11 is 0. The van der Waals surface area contributed by atoms with E-state index in [1.807, 2.05) is 0 Å². The Kier molecular flexibility index (Phi) is 2.80. The minimum absolute atomic E-state index is 0.208. The molecule has 0 saturated heterocycles. The SMILES string of the molecule is CS(=O)(=O)CCCc1cn[nH]n1. The van der Waals surface area contributed by atoms with Crippen LogP contribution in [0.25, 0.3) is 0 Å². The lowest BCUT2D eigenvalue weighted by molar-refractivity contribution is 0.599. The standard InChI is InChI=1S/C6H11N3O2S/c1-12(10,11)4-2-3-6-5-7-9-8-6/h5H,2-4H2,1H3,(H,7,8,9). The smallest absolute Gasteiger partial charge is 0.147 e. The third-order valence-corrected chi connectivity index (χ3v) is 2.44. The lowest BCUT2D eigenvalue weighted by Gasteiger charge is -1.94. The summed E-state index contributed by atoms with van der Waals surface area (Å²) in [5, 5.41) is 9.88. The van der Waals surface area contributed by atoms with Crippen molar-refractivity contribution in [2.45, 2.75) is 12.8 Å². The lowest BCUT2D eigenvalue weighted by Crippen LogP contribution is -2.04. The molecule has 0 aliphatic heterocycles. The van der Waals surface area contributed by atoms with Gasteiger partial charge in [0.1, 0.15) is 9.84 Å². The van der Waals surface area contributed by atoms with Gasteiger partial charge < -0.3 is 0 Å². The molecule has 5 nitrogen and oxygen atoms in total. The van der Waals surface area contributed by atoms with Crippen LogP contribution in [0, 0.1) is 0 Å². The van der Waals surface area contributed by atoms with Crippen LogP contribution in [0.15, 0.2) is 6.20 Å². The maximum atomic E-state index is 10.7. The number of hydrogen-bond acceptors (Lipinski definition) is 4. The van der Waals surface area contributed by atoms with Gasteiger partial charge in [-0.05, 0) is 12.8 Å². The normalized spacial score (nSPS) is 11.8. The van der Waals surface area contributed by atoms with Gasteiger partial charge in [0.15, 0.2) is 0 Å². The molecule has 0 bridgehead atoms. The van der Waals surface area contributed by atoms with Crippen molar-refractivity contribution in [3.05, 3.63) is 11.9 Å². The van der Waals surface area contributed by atoms with Crippen molar-refractivity contribution >= 4 is 9.84 Å². The molecule has 1 aromatic heterocycles. The van der Waals surface area contributed by atoms with Crippen molar-refractivity contribution in [1.29, 1.82) is 0 Å². The number of nitrogens with zero attached hydrogens (tertiary/aromatic N) is 2. The molecule has 0 amide bonds. The van der Waals surface area contributed by atoms with Crippen LogP contribution in [-0.4, -0.2) is 35.8 Å². The van der Waals surface area contributed by atoms with Gasteiger partial charge in [-0.15, -0.1) is 0 Å². The first-order valence-corrected chi connectivity index (χ1v) is 5.66. The predicted molar refractivity (Wildman–Crippen MR) is 44.4 cm³/mol. The highest BCUT2D eigenvalue weighted by molar-refractivity contribution is 7.90. The van der Waals surface area contributed by atoms with Crippen molar-refractivity contribution in [2.75, 3.05) is 12.0 Å². The highest BCUT2D eigenvalue weighted by Crippen LogP contribution is 1.97. The third-order valence-electron chi connectivity index (χ3n) is 1.41. The first kappa shape index (κ1) is 9.18. The van der Waals surface area contributed by atoms with Crippen molar-refractivity contribution in [3.63, 3.8) is 0 Å². The number of rotatable bonds is 4. The summed E-state index contributed by atoms with van der Waals surface area (Å²) < 4.78 is 21.4. The molecule has 0 aliphatic carbocycles. The first-order valence-electron chi connectivity index (χ1n) is 3.60. The van der Waals surface area contributed by atoms with Gasteiger partial charge in [0.25, 0.3) is 0 Å². The van der Waals surface area contributed by atoms with E-state index < -0.39 is 9.84 Å². The summed E-state index contributed by atoms with van der Waals surface area (Å²) in [7, 11) is -2.84. The molecule has 1 aromatic rings. The van der Waals surface area contributed by atoms with Gasteiger partial charge in [-0.25, -0.2) is 8.42 Å². The molecule has 0 fully saturated rings. The highest BCUT2D eigenvalue weighted by atomic mass is 32.2. The molecule has 0 aliphatic rings. The second-order valence-corrected chi connectivity index (χ2v) is 4.95. The Labute approximate surface area is 71.1 Å². The van der Waals surface area contributed by atoms with E-state index >= 15 is 0 Å². The van der Waals surface area contributed by atoms with Gasteiger partial charge in [-0.2, -0.15) is 15.4 Å².